The van der Waals surface area contributed by atoms with E-state index in [1.54, 1.807) is 12.1 Å². The molecule has 0 spiro atoms. The Morgan fingerprint density at radius 1 is 0.654 bits per heavy atom. The highest BCUT2D eigenvalue weighted by atomic mass is 19.3. The molecule has 0 atom stereocenters. The molecule has 0 heterocycles. The minimum absolute atomic E-state index is 0.479. The van der Waals surface area contributed by atoms with Gasteiger partial charge in [0, 0.05) is 11.1 Å². The molecule has 0 unspecified atom stereocenters. The maximum absolute atomic E-state index is 14.0. The fraction of sp³-hybridized carbons (Fsp3) is 0.182. The molecule has 0 nitrogen and oxygen atoms in total. The van der Waals surface area contributed by atoms with Gasteiger partial charge in [-0.25, -0.2) is 0 Å². The van der Waals surface area contributed by atoms with E-state index >= 15 is 0 Å². The van der Waals surface area contributed by atoms with Crippen LogP contribution in [-0.2, 0) is 0 Å². The zero-order valence-corrected chi connectivity index (χ0v) is 14.3. The van der Waals surface area contributed by atoms with E-state index in [9.17, 15) is 17.6 Å². The number of halogens is 4. The number of allylic oxidation sites excluding steroid dienone is 4. The fourth-order valence-electron chi connectivity index (χ4n) is 2.59. The number of rotatable bonds is 1. The van der Waals surface area contributed by atoms with E-state index in [0.717, 1.165) is 35.8 Å². The first-order valence-electron chi connectivity index (χ1n) is 8.06. The molecule has 3 rings (SSSR count). The van der Waals surface area contributed by atoms with Crippen LogP contribution in [0.1, 0.15) is 18.1 Å². The molecular weight excluding hydrogens is 340 g/mol. The lowest BCUT2D eigenvalue weighted by Gasteiger charge is -2.29. The molecule has 0 saturated heterocycles. The Morgan fingerprint density at radius 2 is 1.19 bits per heavy atom. The number of hydrogen-bond acceptors (Lipinski definition) is 0. The van der Waals surface area contributed by atoms with Gasteiger partial charge in [0.15, 0.2) is 0 Å². The van der Waals surface area contributed by atoms with Crippen LogP contribution in [0.25, 0.3) is 11.1 Å². The molecule has 26 heavy (non-hydrogen) atoms. The molecule has 4 heteroatoms. The molecule has 0 N–H and O–H groups in total. The van der Waals surface area contributed by atoms with Crippen LogP contribution in [0.4, 0.5) is 17.6 Å². The second-order valence-corrected chi connectivity index (χ2v) is 6.27. The molecule has 0 bridgehead atoms. The standard InChI is InChI=1S/C22H16F4/c1-15-3-9-18(10-4-15)19-11-6-17(7-12-19)8-14-20-13-5-16(2)21(23,24)22(20,25)26/h3-7,9-13H,1-2H3. The van der Waals surface area contributed by atoms with E-state index in [1.807, 2.05) is 43.3 Å². The van der Waals surface area contributed by atoms with Crippen molar-refractivity contribution in [3.8, 4) is 23.0 Å². The van der Waals surface area contributed by atoms with Crippen molar-refractivity contribution in [2.45, 2.75) is 25.7 Å². The van der Waals surface area contributed by atoms with Gasteiger partial charge in [-0.3, -0.25) is 0 Å². The molecule has 0 aliphatic heterocycles. The quantitative estimate of drug-likeness (QED) is 0.423. The van der Waals surface area contributed by atoms with Crippen LogP contribution in [0.2, 0.25) is 0 Å². The summed E-state index contributed by atoms with van der Waals surface area (Å²) in [6.07, 6.45) is 1.95. The Kier molecular flexibility index (Phi) is 4.50. The minimum atomic E-state index is -4.30. The van der Waals surface area contributed by atoms with Crippen molar-refractivity contribution in [2.24, 2.45) is 0 Å². The minimum Gasteiger partial charge on any atom is -0.194 e. The largest absolute Gasteiger partial charge is 0.346 e. The van der Waals surface area contributed by atoms with E-state index in [1.165, 1.54) is 0 Å². The molecule has 1 aliphatic carbocycles. The van der Waals surface area contributed by atoms with Crippen LogP contribution in [0.3, 0.4) is 0 Å². The van der Waals surface area contributed by atoms with Crippen molar-refractivity contribution in [3.05, 3.63) is 83.0 Å². The second kappa shape index (κ2) is 6.49. The lowest BCUT2D eigenvalue weighted by molar-refractivity contribution is -0.160. The molecular formula is C22H16F4. The van der Waals surface area contributed by atoms with Crippen LogP contribution in [0, 0.1) is 18.8 Å². The summed E-state index contributed by atoms with van der Waals surface area (Å²) in [5, 5.41) is 0. The van der Waals surface area contributed by atoms with E-state index in [2.05, 4.69) is 11.8 Å². The average Bonchev–Trinajstić information content (AvgIpc) is 2.61. The van der Waals surface area contributed by atoms with Gasteiger partial charge in [0.2, 0.25) is 0 Å². The highest BCUT2D eigenvalue weighted by Crippen LogP contribution is 2.46. The second-order valence-electron chi connectivity index (χ2n) is 6.27. The third kappa shape index (κ3) is 3.17. The summed E-state index contributed by atoms with van der Waals surface area (Å²) >= 11 is 0. The van der Waals surface area contributed by atoms with Crippen molar-refractivity contribution in [2.75, 3.05) is 0 Å². The van der Waals surface area contributed by atoms with Gasteiger partial charge in [0.1, 0.15) is 0 Å². The summed E-state index contributed by atoms with van der Waals surface area (Å²) in [6, 6.07) is 15.0. The predicted molar refractivity (Wildman–Crippen MR) is 95.2 cm³/mol. The average molecular weight is 356 g/mol. The Balaban J connectivity index is 1.86. The third-order valence-electron chi connectivity index (χ3n) is 4.34. The molecule has 0 radical (unpaired) electrons. The van der Waals surface area contributed by atoms with Crippen molar-refractivity contribution >= 4 is 0 Å². The van der Waals surface area contributed by atoms with E-state index in [-0.39, 0.29) is 0 Å². The van der Waals surface area contributed by atoms with Crippen molar-refractivity contribution in [3.63, 3.8) is 0 Å². The summed E-state index contributed by atoms with van der Waals surface area (Å²) < 4.78 is 55.3. The smallest absolute Gasteiger partial charge is 0.194 e. The highest BCUT2D eigenvalue weighted by Gasteiger charge is 2.60. The Labute approximate surface area is 149 Å². The van der Waals surface area contributed by atoms with Crippen molar-refractivity contribution < 1.29 is 17.6 Å². The van der Waals surface area contributed by atoms with Gasteiger partial charge in [0.25, 0.3) is 0 Å². The normalized spacial score (nSPS) is 17.6. The number of benzene rings is 2. The summed E-state index contributed by atoms with van der Waals surface area (Å²) in [7, 11) is 0. The third-order valence-corrected chi connectivity index (χ3v) is 4.34. The highest BCUT2D eigenvalue weighted by molar-refractivity contribution is 5.65. The number of hydrogen-bond donors (Lipinski definition) is 0. The number of aryl methyl sites for hydroxylation is 1. The summed E-state index contributed by atoms with van der Waals surface area (Å²) in [6.45, 7) is 2.98. The SMILES string of the molecule is CC1=CC=C(C#Cc2ccc(-c3ccc(C)cc3)cc2)C(F)(F)C1(F)F. The van der Waals surface area contributed by atoms with Crippen LogP contribution in [0.5, 0.6) is 0 Å². The Hall–Kier alpha value is -2.80. The summed E-state index contributed by atoms with van der Waals surface area (Å²) in [5.41, 5.74) is 2.07. The molecule has 0 aromatic heterocycles. The molecule has 1 aliphatic rings. The van der Waals surface area contributed by atoms with Crippen LogP contribution in [0.15, 0.2) is 71.8 Å². The van der Waals surface area contributed by atoms with E-state index in [4.69, 9.17) is 0 Å². The first-order chi connectivity index (χ1) is 12.2. The molecule has 0 fully saturated rings. The predicted octanol–water partition coefficient (Wildman–Crippen LogP) is 6.17. The van der Waals surface area contributed by atoms with Gasteiger partial charge in [-0.1, -0.05) is 59.9 Å². The number of alkyl halides is 4. The summed E-state index contributed by atoms with van der Waals surface area (Å²) in [4.78, 5) is 0. The monoisotopic (exact) mass is 356 g/mol. The molecule has 0 amide bonds. The summed E-state index contributed by atoms with van der Waals surface area (Å²) in [5.74, 6) is -3.77. The van der Waals surface area contributed by atoms with Gasteiger partial charge in [-0.2, -0.15) is 17.6 Å². The van der Waals surface area contributed by atoms with Gasteiger partial charge in [0.05, 0.1) is 5.57 Å². The van der Waals surface area contributed by atoms with Crippen LogP contribution < -0.4 is 0 Å². The van der Waals surface area contributed by atoms with Gasteiger partial charge < -0.3 is 0 Å². The maximum atomic E-state index is 14.0. The van der Waals surface area contributed by atoms with Gasteiger partial charge >= 0.3 is 11.8 Å². The first kappa shape index (κ1) is 18.0. The first-order valence-corrected chi connectivity index (χ1v) is 8.06. The lowest BCUT2D eigenvalue weighted by atomic mass is 9.91. The van der Waals surface area contributed by atoms with Gasteiger partial charge in [-0.15, -0.1) is 0 Å². The molecule has 0 saturated carbocycles. The van der Waals surface area contributed by atoms with Crippen molar-refractivity contribution in [1.82, 2.24) is 0 Å². The Bertz CT molecular complexity index is 934. The zero-order chi connectivity index (χ0) is 18.9. The fourth-order valence-corrected chi connectivity index (χ4v) is 2.59. The van der Waals surface area contributed by atoms with Crippen molar-refractivity contribution in [1.29, 1.82) is 0 Å². The maximum Gasteiger partial charge on any atom is 0.346 e. The molecule has 2 aromatic carbocycles. The molecule has 132 valence electrons. The van der Waals surface area contributed by atoms with Gasteiger partial charge in [-0.05, 0) is 43.2 Å². The zero-order valence-electron chi connectivity index (χ0n) is 14.3. The van der Waals surface area contributed by atoms with Crippen LogP contribution in [-0.4, -0.2) is 11.8 Å². The molecule has 2 aromatic rings. The van der Waals surface area contributed by atoms with E-state index in [0.29, 0.717) is 5.56 Å². The van der Waals surface area contributed by atoms with Crippen LogP contribution >= 0.6 is 0 Å². The Morgan fingerprint density at radius 3 is 1.77 bits per heavy atom. The van der Waals surface area contributed by atoms with E-state index < -0.39 is 23.0 Å². The topological polar surface area (TPSA) is 0 Å². The lowest BCUT2D eigenvalue weighted by Crippen LogP contribution is -2.44.